The lowest BCUT2D eigenvalue weighted by Gasteiger charge is -2.21. The minimum Gasteiger partial charge on any atom is -0.462 e. The van der Waals surface area contributed by atoms with E-state index < -0.39 is 97.5 Å². The van der Waals surface area contributed by atoms with Crippen molar-refractivity contribution in [1.82, 2.24) is 0 Å². The highest BCUT2D eigenvalue weighted by Gasteiger charge is 2.30. The molecule has 0 aliphatic heterocycles. The average Bonchev–Trinajstić information content (AvgIpc) is 0.908. The SMILES string of the molecule is CC/C=C\C/C=C\C/C=C\C/C=C\CCCCCCC(=O)OC(COC(=O)CCCCCCCC/C=C\C/C=C\C/C=C\CCCCC)COP(=O)(O)OCC(O)COP(=O)(O)OCC(COC(=O)CCCCCCCCC/C=C\C/C=C\C/C=C\CC)OC(=O)CCCCCCC/C=C\CCCC. The average molecular weight is 1500 g/mol. The van der Waals surface area contributed by atoms with E-state index in [0.29, 0.717) is 25.7 Å². The quantitative estimate of drug-likeness (QED) is 0.0169. The summed E-state index contributed by atoms with van der Waals surface area (Å²) in [6.45, 7) is 4.54. The number of phosphoric acid groups is 2. The molecule has 596 valence electrons. The molecule has 0 saturated heterocycles. The highest BCUT2D eigenvalue weighted by atomic mass is 31.2. The Balaban J connectivity index is 5.37. The molecule has 0 spiro atoms. The summed E-state index contributed by atoms with van der Waals surface area (Å²) in [5.41, 5.74) is 0. The molecule has 0 bridgehead atoms. The fourth-order valence-corrected chi connectivity index (χ4v) is 12.0. The number of carbonyl (C=O) groups is 4. The number of ether oxygens (including phenoxy) is 4. The lowest BCUT2D eigenvalue weighted by molar-refractivity contribution is -0.161. The number of esters is 4. The molecule has 0 saturated carbocycles. The van der Waals surface area contributed by atoms with Crippen molar-refractivity contribution in [3.05, 3.63) is 134 Å². The van der Waals surface area contributed by atoms with Gasteiger partial charge >= 0.3 is 39.5 Å². The molecule has 0 radical (unpaired) electrons. The Bertz CT molecular complexity index is 2490. The van der Waals surface area contributed by atoms with Crippen LogP contribution in [0.5, 0.6) is 0 Å². The molecule has 3 N–H and O–H groups in total. The fraction of sp³-hybridized carbons (Fsp3) is 0.694. The molecule has 0 heterocycles. The van der Waals surface area contributed by atoms with Crippen LogP contribution in [0, 0.1) is 0 Å². The monoisotopic (exact) mass is 1500 g/mol. The number of hydrogen-bond acceptors (Lipinski definition) is 15. The third kappa shape index (κ3) is 75.4. The molecule has 0 aromatic heterocycles. The van der Waals surface area contributed by atoms with Crippen LogP contribution in [0.2, 0.25) is 0 Å². The third-order valence-corrected chi connectivity index (χ3v) is 18.5. The molecule has 5 unspecified atom stereocenters. The summed E-state index contributed by atoms with van der Waals surface area (Å²) in [6.07, 6.45) is 85.7. The summed E-state index contributed by atoms with van der Waals surface area (Å²) in [4.78, 5) is 73.0. The van der Waals surface area contributed by atoms with Gasteiger partial charge in [-0.3, -0.25) is 37.3 Å². The summed E-state index contributed by atoms with van der Waals surface area (Å²) in [6, 6.07) is 0. The topological polar surface area (TPSA) is 237 Å². The van der Waals surface area contributed by atoms with E-state index in [1.54, 1.807) is 0 Å². The number of allylic oxidation sites excluding steroid dienone is 22. The molecule has 104 heavy (non-hydrogen) atoms. The van der Waals surface area contributed by atoms with Crippen LogP contribution in [-0.2, 0) is 65.4 Å². The van der Waals surface area contributed by atoms with Crippen LogP contribution in [0.15, 0.2) is 134 Å². The Labute approximate surface area is 631 Å². The number of aliphatic hydroxyl groups excluding tert-OH is 1. The summed E-state index contributed by atoms with van der Waals surface area (Å²) < 4.78 is 68.6. The van der Waals surface area contributed by atoms with Crippen molar-refractivity contribution in [2.24, 2.45) is 0 Å². The fourth-order valence-electron chi connectivity index (χ4n) is 10.4. The van der Waals surface area contributed by atoms with Crippen LogP contribution in [-0.4, -0.2) is 96.7 Å². The molecule has 0 rings (SSSR count). The van der Waals surface area contributed by atoms with Gasteiger partial charge in [-0.2, -0.15) is 0 Å². The van der Waals surface area contributed by atoms with E-state index in [1.165, 1.54) is 32.1 Å². The second-order valence-electron chi connectivity index (χ2n) is 26.6. The number of unbranched alkanes of at least 4 members (excludes halogenated alkanes) is 27. The van der Waals surface area contributed by atoms with Gasteiger partial charge in [0.05, 0.1) is 26.4 Å². The highest BCUT2D eigenvalue weighted by Crippen LogP contribution is 2.45. The van der Waals surface area contributed by atoms with E-state index >= 15 is 0 Å². The Hall–Kier alpha value is -4.80. The van der Waals surface area contributed by atoms with Gasteiger partial charge in [0, 0.05) is 25.7 Å². The first-order valence-corrected chi connectivity index (χ1v) is 43.4. The summed E-state index contributed by atoms with van der Waals surface area (Å²) in [5, 5.41) is 10.6. The molecule has 0 aromatic rings. The molecular formula is C85H144O17P2. The normalized spacial score (nSPS) is 14.6. The zero-order valence-corrected chi connectivity index (χ0v) is 66.9. The lowest BCUT2D eigenvalue weighted by Crippen LogP contribution is -2.30. The van der Waals surface area contributed by atoms with Crippen molar-refractivity contribution in [2.45, 2.75) is 341 Å². The van der Waals surface area contributed by atoms with Crippen LogP contribution in [0.4, 0.5) is 0 Å². The summed E-state index contributed by atoms with van der Waals surface area (Å²) in [5.74, 6) is -2.23. The number of hydrogen-bond donors (Lipinski definition) is 3. The predicted molar refractivity (Wildman–Crippen MR) is 427 cm³/mol. The molecular weight excluding hydrogens is 1350 g/mol. The van der Waals surface area contributed by atoms with Gasteiger partial charge in [-0.05, 0) is 154 Å². The Morgan fingerprint density at radius 2 is 0.510 bits per heavy atom. The minimum atomic E-state index is -4.99. The van der Waals surface area contributed by atoms with Gasteiger partial charge in [0.15, 0.2) is 12.2 Å². The maximum atomic E-state index is 13.1. The van der Waals surface area contributed by atoms with E-state index in [4.69, 9.17) is 37.0 Å². The zero-order chi connectivity index (χ0) is 76.0. The molecule has 0 aliphatic rings. The van der Waals surface area contributed by atoms with Crippen molar-refractivity contribution in [3.63, 3.8) is 0 Å². The second kappa shape index (κ2) is 76.4. The van der Waals surface area contributed by atoms with Gasteiger partial charge in [0.25, 0.3) is 0 Å². The van der Waals surface area contributed by atoms with Crippen LogP contribution in [0.3, 0.4) is 0 Å². The van der Waals surface area contributed by atoms with Crippen molar-refractivity contribution in [1.29, 1.82) is 0 Å². The number of phosphoric ester groups is 2. The molecule has 19 heteroatoms. The third-order valence-electron chi connectivity index (χ3n) is 16.6. The molecule has 0 amide bonds. The second-order valence-corrected chi connectivity index (χ2v) is 29.5. The number of carbonyl (C=O) groups excluding carboxylic acids is 4. The van der Waals surface area contributed by atoms with Crippen molar-refractivity contribution in [2.75, 3.05) is 39.6 Å². The van der Waals surface area contributed by atoms with E-state index in [2.05, 4.69) is 161 Å². The van der Waals surface area contributed by atoms with Gasteiger partial charge in [-0.1, -0.05) is 277 Å². The van der Waals surface area contributed by atoms with Crippen molar-refractivity contribution in [3.8, 4) is 0 Å². The smallest absolute Gasteiger partial charge is 0.462 e. The predicted octanol–water partition coefficient (Wildman–Crippen LogP) is 23.7. The first-order valence-electron chi connectivity index (χ1n) is 40.4. The van der Waals surface area contributed by atoms with Crippen molar-refractivity contribution >= 4 is 39.5 Å². The highest BCUT2D eigenvalue weighted by molar-refractivity contribution is 7.47. The first-order chi connectivity index (χ1) is 50.7. The largest absolute Gasteiger partial charge is 0.472 e. The molecule has 0 aliphatic carbocycles. The van der Waals surface area contributed by atoms with Gasteiger partial charge in [0.2, 0.25) is 0 Å². The van der Waals surface area contributed by atoms with Gasteiger partial charge in [-0.25, -0.2) is 9.13 Å². The van der Waals surface area contributed by atoms with E-state index in [-0.39, 0.29) is 25.7 Å². The maximum absolute atomic E-state index is 13.1. The standard InChI is InChI=1S/C85H144O17P2/c1-5-9-13-17-21-25-29-32-35-38-39-42-44-47-51-54-58-62-66-70-83(88)96-76-81(102-85(90)72-68-64-60-56-52-48-45-41-37-34-31-27-23-19-15-11-7-3)78-100-104(93,94)98-74-79(86)73-97-103(91,92)99-77-80(101-84(89)71-67-63-59-55-49-28-24-20-16-12-8-4)75-95-82(87)69-65-61-57-53-50-46-43-40-36-33-30-26-22-18-14-10-6-2/h10-11,14-15,20-27,32-37,39,42,45,48,79-81,86H,5-9,12-13,16-19,28-31,38,40-41,43-44,46-47,49-78H2,1-4H3,(H,91,92)(H,93,94)/b14-10-,15-11-,24-20-,25-21-,26-22-,27-23-,35-32-,36-33-,37-34-,42-39-,48-45-. The van der Waals surface area contributed by atoms with Gasteiger partial charge < -0.3 is 33.8 Å². The summed E-state index contributed by atoms with van der Waals surface area (Å²) in [7, 11) is -9.98. The number of aliphatic hydroxyl groups is 1. The summed E-state index contributed by atoms with van der Waals surface area (Å²) >= 11 is 0. The van der Waals surface area contributed by atoms with Gasteiger partial charge in [0.1, 0.15) is 19.3 Å². The van der Waals surface area contributed by atoms with Crippen LogP contribution in [0.25, 0.3) is 0 Å². The molecule has 0 fully saturated rings. The lowest BCUT2D eigenvalue weighted by atomic mass is 10.1. The maximum Gasteiger partial charge on any atom is 0.472 e. The molecule has 5 atom stereocenters. The number of rotatable bonds is 75. The van der Waals surface area contributed by atoms with Crippen LogP contribution < -0.4 is 0 Å². The van der Waals surface area contributed by atoms with Crippen LogP contribution in [0.1, 0.15) is 323 Å². The van der Waals surface area contributed by atoms with E-state index in [0.717, 1.165) is 212 Å². The van der Waals surface area contributed by atoms with Crippen LogP contribution >= 0.6 is 15.6 Å². The van der Waals surface area contributed by atoms with E-state index in [9.17, 15) is 43.2 Å². The first kappa shape index (κ1) is 99.2. The zero-order valence-electron chi connectivity index (χ0n) is 65.2. The van der Waals surface area contributed by atoms with E-state index in [1.807, 2.05) is 0 Å². The van der Waals surface area contributed by atoms with Gasteiger partial charge in [-0.15, -0.1) is 0 Å². The Kier molecular flexibility index (Phi) is 72.9. The molecule has 0 aromatic carbocycles. The Morgan fingerprint density at radius 3 is 0.808 bits per heavy atom. The molecule has 17 nitrogen and oxygen atoms in total. The van der Waals surface area contributed by atoms with Crippen molar-refractivity contribution < 1.29 is 80.2 Å². The minimum absolute atomic E-state index is 0.0609. The Morgan fingerprint density at radius 1 is 0.279 bits per heavy atom.